The summed E-state index contributed by atoms with van der Waals surface area (Å²) in [5.74, 6) is 1.78. The molecule has 0 aliphatic heterocycles. The van der Waals surface area contributed by atoms with Crippen molar-refractivity contribution in [3.63, 3.8) is 0 Å². The molecule has 1 aromatic carbocycles. The minimum absolute atomic E-state index is 0.283. The topological polar surface area (TPSA) is 0 Å². The molecule has 2 aliphatic rings. The lowest BCUT2D eigenvalue weighted by atomic mass is 9.76. The Morgan fingerprint density at radius 2 is 1.71 bits per heavy atom. The van der Waals surface area contributed by atoms with Gasteiger partial charge in [-0.25, -0.2) is 0 Å². The van der Waals surface area contributed by atoms with E-state index >= 15 is 0 Å². The summed E-state index contributed by atoms with van der Waals surface area (Å²) in [4.78, 5) is 0. The summed E-state index contributed by atoms with van der Waals surface area (Å²) in [5.41, 5.74) is 8.44. The highest BCUT2D eigenvalue weighted by molar-refractivity contribution is 5.54. The van der Waals surface area contributed by atoms with Gasteiger partial charge >= 0.3 is 0 Å². The predicted molar refractivity (Wildman–Crippen MR) is 73.9 cm³/mol. The Morgan fingerprint density at radius 3 is 2.35 bits per heavy atom. The van der Waals surface area contributed by atoms with E-state index in [4.69, 9.17) is 0 Å². The van der Waals surface area contributed by atoms with Crippen molar-refractivity contribution < 1.29 is 0 Å². The molecule has 0 heterocycles. The van der Waals surface area contributed by atoms with Crippen molar-refractivity contribution in [2.45, 2.75) is 71.1 Å². The zero-order valence-corrected chi connectivity index (χ0v) is 11.9. The first-order chi connectivity index (χ1) is 7.89. The molecule has 0 heteroatoms. The van der Waals surface area contributed by atoms with Crippen LogP contribution in [0.15, 0.2) is 6.07 Å². The van der Waals surface area contributed by atoms with Crippen molar-refractivity contribution >= 4 is 0 Å². The average Bonchev–Trinajstić information content (AvgIpc) is 2.74. The fourth-order valence-electron chi connectivity index (χ4n) is 4.59. The highest BCUT2D eigenvalue weighted by atomic mass is 14.4. The minimum Gasteiger partial charge on any atom is -0.0561 e. The monoisotopic (exact) mass is 228 g/mol. The van der Waals surface area contributed by atoms with E-state index in [0.717, 1.165) is 11.8 Å². The number of hydrogen-bond donors (Lipinski definition) is 0. The van der Waals surface area contributed by atoms with Crippen LogP contribution in [-0.2, 0) is 5.41 Å². The van der Waals surface area contributed by atoms with Crippen LogP contribution in [0, 0.1) is 13.8 Å². The van der Waals surface area contributed by atoms with Crippen LogP contribution >= 0.6 is 0 Å². The molecule has 0 radical (unpaired) electrons. The maximum Gasteiger partial charge on any atom is -0.0127 e. The zero-order valence-electron chi connectivity index (χ0n) is 11.9. The summed E-state index contributed by atoms with van der Waals surface area (Å²) in [6, 6.07) is 2.51. The SMILES string of the molecule is Cc1cc2c(c(C)c1C(C)(C)C)C1CCC2C1. The molecule has 1 saturated carbocycles. The second kappa shape index (κ2) is 3.37. The van der Waals surface area contributed by atoms with Crippen LogP contribution in [0.2, 0.25) is 0 Å². The van der Waals surface area contributed by atoms with E-state index in [0.29, 0.717) is 0 Å². The number of aryl methyl sites for hydroxylation is 1. The molecular formula is C17H24. The summed E-state index contributed by atoms with van der Waals surface area (Å²) >= 11 is 0. The molecular weight excluding hydrogens is 204 g/mol. The third kappa shape index (κ3) is 1.49. The zero-order chi connectivity index (χ0) is 12.4. The first kappa shape index (κ1) is 11.3. The smallest absolute Gasteiger partial charge is 0.0127 e. The van der Waals surface area contributed by atoms with Gasteiger partial charge in [-0.2, -0.15) is 0 Å². The molecule has 2 atom stereocenters. The molecule has 3 rings (SSSR count). The summed E-state index contributed by atoms with van der Waals surface area (Å²) < 4.78 is 0. The molecule has 1 aromatic rings. The van der Waals surface area contributed by atoms with Gasteiger partial charge in [0.1, 0.15) is 0 Å². The lowest BCUT2D eigenvalue weighted by molar-refractivity contribution is 0.577. The van der Waals surface area contributed by atoms with Crippen molar-refractivity contribution in [1.82, 2.24) is 0 Å². The van der Waals surface area contributed by atoms with Crippen molar-refractivity contribution in [3.05, 3.63) is 33.9 Å². The maximum absolute atomic E-state index is 2.51. The molecule has 0 amide bonds. The van der Waals surface area contributed by atoms with Gasteiger partial charge in [0.05, 0.1) is 0 Å². The molecule has 1 fully saturated rings. The average molecular weight is 228 g/mol. The molecule has 0 nitrogen and oxygen atoms in total. The molecule has 2 aliphatic carbocycles. The maximum atomic E-state index is 2.51. The first-order valence-electron chi connectivity index (χ1n) is 7.04. The Balaban J connectivity index is 2.25. The molecule has 0 spiro atoms. The van der Waals surface area contributed by atoms with Crippen molar-refractivity contribution in [2.24, 2.45) is 0 Å². The molecule has 0 saturated heterocycles. The van der Waals surface area contributed by atoms with Crippen LogP contribution in [0.5, 0.6) is 0 Å². The van der Waals surface area contributed by atoms with E-state index in [9.17, 15) is 0 Å². The normalized spacial score (nSPS) is 26.4. The highest BCUT2D eigenvalue weighted by Gasteiger charge is 2.39. The second-order valence-electron chi connectivity index (χ2n) is 7.15. The Hall–Kier alpha value is -0.780. The third-order valence-corrected chi connectivity index (χ3v) is 4.89. The van der Waals surface area contributed by atoms with Crippen molar-refractivity contribution in [2.75, 3.05) is 0 Å². The van der Waals surface area contributed by atoms with Gasteiger partial charge in [-0.1, -0.05) is 26.8 Å². The third-order valence-electron chi connectivity index (χ3n) is 4.89. The van der Waals surface area contributed by atoms with Gasteiger partial charge in [0.2, 0.25) is 0 Å². The predicted octanol–water partition coefficient (Wildman–Crippen LogP) is 4.97. The number of fused-ring (bicyclic) bond motifs is 5. The molecule has 92 valence electrons. The lowest BCUT2D eigenvalue weighted by Gasteiger charge is -2.29. The molecule has 2 unspecified atom stereocenters. The van der Waals surface area contributed by atoms with Crippen LogP contribution < -0.4 is 0 Å². The van der Waals surface area contributed by atoms with Crippen LogP contribution in [0.4, 0.5) is 0 Å². The fraction of sp³-hybridized carbons (Fsp3) is 0.647. The Morgan fingerprint density at radius 1 is 1.06 bits per heavy atom. The van der Waals surface area contributed by atoms with Crippen LogP contribution in [0.3, 0.4) is 0 Å². The van der Waals surface area contributed by atoms with Gasteiger partial charge in [0.15, 0.2) is 0 Å². The fourth-order valence-corrected chi connectivity index (χ4v) is 4.59. The molecule has 0 aromatic heterocycles. The van der Waals surface area contributed by atoms with Gasteiger partial charge < -0.3 is 0 Å². The molecule has 17 heavy (non-hydrogen) atoms. The quantitative estimate of drug-likeness (QED) is 0.588. The van der Waals surface area contributed by atoms with Gasteiger partial charge in [0, 0.05) is 0 Å². The summed E-state index contributed by atoms with van der Waals surface area (Å²) in [6.07, 6.45) is 4.31. The van der Waals surface area contributed by atoms with Gasteiger partial charge in [-0.3, -0.25) is 0 Å². The van der Waals surface area contributed by atoms with E-state index in [1.165, 1.54) is 24.8 Å². The Labute approximate surface area is 105 Å². The summed E-state index contributed by atoms with van der Waals surface area (Å²) in [7, 11) is 0. The van der Waals surface area contributed by atoms with E-state index in [2.05, 4.69) is 40.7 Å². The Bertz CT molecular complexity index is 474. The van der Waals surface area contributed by atoms with Crippen LogP contribution in [0.25, 0.3) is 0 Å². The largest absolute Gasteiger partial charge is 0.0561 e. The van der Waals surface area contributed by atoms with Crippen LogP contribution in [-0.4, -0.2) is 0 Å². The van der Waals surface area contributed by atoms with Crippen molar-refractivity contribution in [1.29, 1.82) is 0 Å². The standard InChI is InChI=1S/C17H24/c1-10-8-14-12-6-7-13(9-12)15(14)11(2)16(10)17(3,4)5/h8,12-13H,6-7,9H2,1-5H3. The number of hydrogen-bond acceptors (Lipinski definition) is 0. The first-order valence-corrected chi connectivity index (χ1v) is 7.04. The molecule has 2 bridgehead atoms. The van der Waals surface area contributed by atoms with E-state index in [1.54, 1.807) is 22.3 Å². The Kier molecular flexibility index (Phi) is 2.24. The van der Waals surface area contributed by atoms with Gasteiger partial charge in [-0.15, -0.1) is 0 Å². The molecule has 0 N–H and O–H groups in total. The van der Waals surface area contributed by atoms with E-state index < -0.39 is 0 Å². The highest BCUT2D eigenvalue weighted by Crippen LogP contribution is 2.55. The van der Waals surface area contributed by atoms with Crippen molar-refractivity contribution in [3.8, 4) is 0 Å². The second-order valence-corrected chi connectivity index (χ2v) is 7.15. The summed E-state index contributed by atoms with van der Waals surface area (Å²) in [5, 5.41) is 0. The number of benzene rings is 1. The van der Waals surface area contributed by atoms with E-state index in [1.807, 2.05) is 0 Å². The minimum atomic E-state index is 0.283. The number of rotatable bonds is 0. The summed E-state index contributed by atoms with van der Waals surface area (Å²) in [6.45, 7) is 11.7. The van der Waals surface area contributed by atoms with E-state index in [-0.39, 0.29) is 5.41 Å². The van der Waals surface area contributed by atoms with Gasteiger partial charge in [0.25, 0.3) is 0 Å². The van der Waals surface area contributed by atoms with Crippen LogP contribution in [0.1, 0.15) is 79.7 Å². The lowest BCUT2D eigenvalue weighted by Crippen LogP contribution is -2.18. The van der Waals surface area contributed by atoms with Gasteiger partial charge in [-0.05, 0) is 78.2 Å².